The van der Waals surface area contributed by atoms with Gasteiger partial charge in [-0.1, -0.05) is 29.8 Å². The minimum Gasteiger partial charge on any atom is -0.368 e. The minimum atomic E-state index is -0.519. The number of thiazole rings is 1. The molecule has 0 spiro atoms. The topological polar surface area (TPSA) is 76.3 Å². The van der Waals surface area contributed by atoms with Crippen molar-refractivity contribution < 1.29 is 9.59 Å². The Bertz CT molecular complexity index is 769. The number of nitrogens with two attached hydrogens (primary N) is 1. The number of likely N-dealkylation sites (tertiary alicyclic amines) is 1. The van der Waals surface area contributed by atoms with Gasteiger partial charge in [-0.05, 0) is 32.3 Å². The molecule has 2 heterocycles. The van der Waals surface area contributed by atoms with Gasteiger partial charge in [-0.25, -0.2) is 4.98 Å². The Morgan fingerprint density at radius 1 is 1.35 bits per heavy atom. The van der Waals surface area contributed by atoms with Crippen LogP contribution in [0, 0.1) is 13.8 Å². The molecule has 1 fully saturated rings. The zero-order valence-corrected chi connectivity index (χ0v) is 14.0. The summed E-state index contributed by atoms with van der Waals surface area (Å²) >= 11 is 1.50. The third-order valence-electron chi connectivity index (χ3n) is 4.06. The van der Waals surface area contributed by atoms with E-state index in [2.05, 4.69) is 4.98 Å². The number of primary amides is 1. The number of hydrogen-bond acceptors (Lipinski definition) is 4. The van der Waals surface area contributed by atoms with E-state index in [1.54, 1.807) is 4.90 Å². The van der Waals surface area contributed by atoms with E-state index in [9.17, 15) is 9.59 Å². The normalized spacial score (nSPS) is 17.5. The monoisotopic (exact) mass is 329 g/mol. The van der Waals surface area contributed by atoms with Crippen molar-refractivity contribution >= 4 is 23.2 Å². The Balaban J connectivity index is 2.00. The molecule has 1 aliphatic heterocycles. The second-order valence-electron chi connectivity index (χ2n) is 5.84. The third-order valence-corrected chi connectivity index (χ3v) is 5.08. The van der Waals surface area contributed by atoms with Gasteiger partial charge in [0.15, 0.2) is 0 Å². The fourth-order valence-electron chi connectivity index (χ4n) is 3.00. The van der Waals surface area contributed by atoms with Gasteiger partial charge in [-0.3, -0.25) is 9.59 Å². The van der Waals surface area contributed by atoms with Crippen LogP contribution in [-0.2, 0) is 4.79 Å². The predicted octanol–water partition coefficient (Wildman–Crippen LogP) is 2.52. The molecule has 0 saturated carbocycles. The highest BCUT2D eigenvalue weighted by Gasteiger charge is 2.35. The lowest BCUT2D eigenvalue weighted by atomic mass is 10.1. The van der Waals surface area contributed by atoms with Gasteiger partial charge in [0.25, 0.3) is 5.91 Å². The maximum absolute atomic E-state index is 12.9. The number of aryl methyl sites for hydroxylation is 2. The molecule has 2 aromatic rings. The summed E-state index contributed by atoms with van der Waals surface area (Å²) in [5.41, 5.74) is 7.96. The molecule has 1 aromatic carbocycles. The Labute approximate surface area is 139 Å². The molecule has 6 heteroatoms. The lowest BCUT2D eigenvalue weighted by molar-refractivity contribution is -0.121. The summed E-state index contributed by atoms with van der Waals surface area (Å²) in [5, 5.41) is 0.833. The fraction of sp³-hybridized carbons (Fsp3) is 0.353. The van der Waals surface area contributed by atoms with Crippen LogP contribution in [0.1, 0.15) is 33.9 Å². The van der Waals surface area contributed by atoms with Crippen molar-refractivity contribution in [2.45, 2.75) is 32.7 Å². The number of amides is 2. The van der Waals surface area contributed by atoms with Crippen molar-refractivity contribution in [3.63, 3.8) is 0 Å². The average Bonchev–Trinajstić information content (AvgIpc) is 3.13. The molecule has 2 N–H and O–H groups in total. The van der Waals surface area contributed by atoms with E-state index in [0.717, 1.165) is 27.4 Å². The lowest BCUT2D eigenvalue weighted by Gasteiger charge is -2.21. The molecular formula is C17H19N3O2S. The number of hydrogen-bond donors (Lipinski definition) is 1. The van der Waals surface area contributed by atoms with Gasteiger partial charge < -0.3 is 10.6 Å². The maximum Gasteiger partial charge on any atom is 0.274 e. The van der Waals surface area contributed by atoms with Crippen LogP contribution in [0.25, 0.3) is 10.4 Å². The molecule has 1 saturated heterocycles. The van der Waals surface area contributed by atoms with Crippen molar-refractivity contribution in [3.05, 3.63) is 40.5 Å². The molecule has 23 heavy (non-hydrogen) atoms. The predicted molar refractivity (Wildman–Crippen MR) is 90.3 cm³/mol. The Morgan fingerprint density at radius 2 is 2.13 bits per heavy atom. The highest BCUT2D eigenvalue weighted by molar-refractivity contribution is 7.15. The first kappa shape index (κ1) is 15.7. The smallest absolute Gasteiger partial charge is 0.274 e. The highest BCUT2D eigenvalue weighted by atomic mass is 32.1. The first-order valence-corrected chi connectivity index (χ1v) is 8.44. The van der Waals surface area contributed by atoms with Crippen molar-refractivity contribution in [1.82, 2.24) is 9.88 Å². The minimum absolute atomic E-state index is 0.202. The molecule has 1 aromatic heterocycles. The zero-order valence-electron chi connectivity index (χ0n) is 13.2. The van der Waals surface area contributed by atoms with E-state index in [1.807, 2.05) is 38.1 Å². The average molecular weight is 329 g/mol. The van der Waals surface area contributed by atoms with Crippen LogP contribution >= 0.6 is 11.3 Å². The Kier molecular flexibility index (Phi) is 4.17. The second kappa shape index (κ2) is 6.12. The molecular weight excluding hydrogens is 310 g/mol. The van der Waals surface area contributed by atoms with Crippen LogP contribution in [0.3, 0.4) is 0 Å². The van der Waals surface area contributed by atoms with Gasteiger partial charge in [0.2, 0.25) is 5.91 Å². The third kappa shape index (κ3) is 2.99. The standard InChI is InChI=1S/C17H19N3O2S/c1-10-5-3-6-12(9-10)15-14(19-11(2)23-15)17(22)20-8-4-7-13(20)16(18)21/h3,5-6,9,13H,4,7-8H2,1-2H3,(H2,18,21)/t13-/m0/s1. The van der Waals surface area contributed by atoms with E-state index in [0.29, 0.717) is 18.7 Å². The van der Waals surface area contributed by atoms with E-state index in [4.69, 9.17) is 5.73 Å². The summed E-state index contributed by atoms with van der Waals surface area (Å²) in [5.74, 6) is -0.646. The van der Waals surface area contributed by atoms with E-state index >= 15 is 0 Å². The zero-order chi connectivity index (χ0) is 16.6. The Morgan fingerprint density at radius 3 is 2.83 bits per heavy atom. The summed E-state index contributed by atoms with van der Waals surface area (Å²) in [6.07, 6.45) is 1.42. The summed E-state index contributed by atoms with van der Waals surface area (Å²) in [6.45, 7) is 4.45. The second-order valence-corrected chi connectivity index (χ2v) is 7.04. The van der Waals surface area contributed by atoms with Gasteiger partial charge in [0, 0.05) is 6.54 Å². The van der Waals surface area contributed by atoms with Crippen LogP contribution in [0.4, 0.5) is 0 Å². The maximum atomic E-state index is 12.9. The molecule has 0 unspecified atom stereocenters. The summed E-state index contributed by atoms with van der Waals surface area (Å²) < 4.78 is 0. The molecule has 120 valence electrons. The van der Waals surface area contributed by atoms with Crippen LogP contribution < -0.4 is 5.73 Å². The fourth-order valence-corrected chi connectivity index (χ4v) is 3.90. The van der Waals surface area contributed by atoms with E-state index in [-0.39, 0.29) is 5.91 Å². The molecule has 1 atom stereocenters. The van der Waals surface area contributed by atoms with E-state index in [1.165, 1.54) is 11.3 Å². The number of carbonyl (C=O) groups is 2. The van der Waals surface area contributed by atoms with Crippen LogP contribution in [0.15, 0.2) is 24.3 Å². The molecule has 1 aliphatic rings. The molecule has 3 rings (SSSR count). The number of rotatable bonds is 3. The number of benzene rings is 1. The van der Waals surface area contributed by atoms with Crippen molar-refractivity contribution in [2.24, 2.45) is 5.73 Å². The van der Waals surface area contributed by atoms with Crippen LogP contribution in [0.5, 0.6) is 0 Å². The molecule has 0 aliphatic carbocycles. The summed E-state index contributed by atoms with van der Waals surface area (Å²) in [7, 11) is 0. The van der Waals surface area contributed by atoms with Gasteiger partial charge in [-0.15, -0.1) is 11.3 Å². The molecule has 5 nitrogen and oxygen atoms in total. The molecule has 0 bridgehead atoms. The van der Waals surface area contributed by atoms with Crippen molar-refractivity contribution in [1.29, 1.82) is 0 Å². The van der Waals surface area contributed by atoms with Gasteiger partial charge in [0.1, 0.15) is 11.7 Å². The molecule has 2 amide bonds. The SMILES string of the molecule is Cc1cccc(-c2sc(C)nc2C(=O)N2CCC[C@H]2C(N)=O)c1. The first-order valence-electron chi connectivity index (χ1n) is 7.62. The van der Waals surface area contributed by atoms with Crippen LogP contribution in [-0.4, -0.2) is 34.3 Å². The largest absolute Gasteiger partial charge is 0.368 e. The number of carbonyl (C=O) groups excluding carboxylic acids is 2. The number of aromatic nitrogens is 1. The van der Waals surface area contributed by atoms with Crippen molar-refractivity contribution in [2.75, 3.05) is 6.54 Å². The van der Waals surface area contributed by atoms with Crippen LogP contribution in [0.2, 0.25) is 0 Å². The van der Waals surface area contributed by atoms with E-state index < -0.39 is 11.9 Å². The summed E-state index contributed by atoms with van der Waals surface area (Å²) in [6, 6.07) is 7.49. The van der Waals surface area contributed by atoms with Gasteiger partial charge in [0.05, 0.1) is 9.88 Å². The quantitative estimate of drug-likeness (QED) is 0.940. The molecule has 0 radical (unpaired) electrons. The van der Waals surface area contributed by atoms with Crippen molar-refractivity contribution in [3.8, 4) is 10.4 Å². The lowest BCUT2D eigenvalue weighted by Crippen LogP contribution is -2.43. The number of nitrogens with zero attached hydrogens (tertiary/aromatic N) is 2. The van der Waals surface area contributed by atoms with Gasteiger partial charge in [-0.2, -0.15) is 0 Å². The highest BCUT2D eigenvalue weighted by Crippen LogP contribution is 2.32. The van der Waals surface area contributed by atoms with Gasteiger partial charge >= 0.3 is 0 Å². The Hall–Kier alpha value is -2.21. The first-order chi connectivity index (χ1) is 11.0. The summed E-state index contributed by atoms with van der Waals surface area (Å²) in [4.78, 5) is 31.3.